The zero-order valence-electron chi connectivity index (χ0n) is 19.2. The number of carbonyl (C=O) groups is 3. The fourth-order valence-electron chi connectivity index (χ4n) is 4.10. The Morgan fingerprint density at radius 3 is 2.44 bits per heavy atom. The summed E-state index contributed by atoms with van der Waals surface area (Å²) < 4.78 is 15.7. The van der Waals surface area contributed by atoms with Gasteiger partial charge in [0.2, 0.25) is 0 Å². The van der Waals surface area contributed by atoms with E-state index >= 15 is 0 Å². The van der Waals surface area contributed by atoms with Gasteiger partial charge in [-0.2, -0.15) is 0 Å². The van der Waals surface area contributed by atoms with Gasteiger partial charge < -0.3 is 24.1 Å². The molecule has 0 radical (unpaired) electrons. The summed E-state index contributed by atoms with van der Waals surface area (Å²) >= 11 is 0. The van der Waals surface area contributed by atoms with Crippen LogP contribution in [0, 0.1) is 13.8 Å². The zero-order valence-corrected chi connectivity index (χ0v) is 19.2. The van der Waals surface area contributed by atoms with E-state index in [0.717, 1.165) is 12.8 Å². The molecule has 8 nitrogen and oxygen atoms in total. The highest BCUT2D eigenvalue weighted by molar-refractivity contribution is 6.07. The summed E-state index contributed by atoms with van der Waals surface area (Å²) in [6.07, 6.45) is 1.64. The second-order valence-corrected chi connectivity index (χ2v) is 7.98. The monoisotopic (exact) mass is 442 g/mol. The number of aryl methyl sites for hydroxylation is 1. The molecule has 1 fully saturated rings. The van der Waals surface area contributed by atoms with Gasteiger partial charge in [0.25, 0.3) is 5.91 Å². The first-order chi connectivity index (χ1) is 15.3. The van der Waals surface area contributed by atoms with E-state index in [4.69, 9.17) is 14.2 Å². The number of amides is 1. The van der Waals surface area contributed by atoms with Gasteiger partial charge in [-0.25, -0.2) is 4.79 Å². The van der Waals surface area contributed by atoms with E-state index in [2.05, 4.69) is 4.98 Å². The van der Waals surface area contributed by atoms with Crippen LogP contribution in [0.25, 0.3) is 0 Å². The Morgan fingerprint density at radius 1 is 1.19 bits per heavy atom. The minimum absolute atomic E-state index is 0.119. The highest BCUT2D eigenvalue weighted by atomic mass is 16.5. The highest BCUT2D eigenvalue weighted by Gasteiger charge is 2.33. The number of hydrogen-bond donors (Lipinski definition) is 1. The van der Waals surface area contributed by atoms with Crippen molar-refractivity contribution in [2.75, 3.05) is 27.4 Å². The number of nitrogens with one attached hydrogen (secondary N) is 1. The van der Waals surface area contributed by atoms with Gasteiger partial charge in [-0.3, -0.25) is 9.59 Å². The highest BCUT2D eigenvalue weighted by Crippen LogP contribution is 2.24. The standard InChI is InChI=1S/C24H30N2O6/c1-14-20(15(2)25-21(14)24(29)31-5)22(27)16(3)26(13-19-7-6-12-32-19)23(28)17-8-10-18(30-4)11-9-17/h8-11,16,19,25H,6-7,12-13H2,1-5H3. The van der Waals surface area contributed by atoms with Crippen LogP contribution in [0.1, 0.15) is 62.2 Å². The van der Waals surface area contributed by atoms with Gasteiger partial charge >= 0.3 is 5.97 Å². The predicted molar refractivity (Wildman–Crippen MR) is 118 cm³/mol. The lowest BCUT2D eigenvalue weighted by Gasteiger charge is -2.31. The summed E-state index contributed by atoms with van der Waals surface area (Å²) in [6.45, 7) is 6.10. The molecule has 0 saturated carbocycles. The first-order valence-electron chi connectivity index (χ1n) is 10.7. The molecular formula is C24H30N2O6. The molecule has 1 aromatic heterocycles. The fraction of sp³-hybridized carbons (Fsp3) is 0.458. The van der Waals surface area contributed by atoms with Crippen LogP contribution in [0.4, 0.5) is 0 Å². The molecular weight excluding hydrogens is 412 g/mol. The van der Waals surface area contributed by atoms with E-state index in [1.807, 2.05) is 0 Å². The van der Waals surface area contributed by atoms with Crippen LogP contribution in [0.3, 0.4) is 0 Å². The van der Waals surface area contributed by atoms with Gasteiger partial charge in [0.15, 0.2) is 5.78 Å². The summed E-state index contributed by atoms with van der Waals surface area (Å²) in [5, 5.41) is 0. The fourth-order valence-corrected chi connectivity index (χ4v) is 4.10. The molecule has 1 saturated heterocycles. The number of methoxy groups -OCH3 is 2. The molecule has 2 aromatic rings. The Bertz CT molecular complexity index is 989. The number of ether oxygens (including phenoxy) is 3. The van der Waals surface area contributed by atoms with Crippen LogP contribution in [-0.2, 0) is 9.47 Å². The number of benzene rings is 1. The molecule has 0 bridgehead atoms. The Morgan fingerprint density at radius 2 is 1.88 bits per heavy atom. The van der Waals surface area contributed by atoms with Crippen molar-refractivity contribution in [3.63, 3.8) is 0 Å². The number of Topliss-reactive ketones (excluding diaryl/α,β-unsaturated/α-hetero) is 1. The molecule has 32 heavy (non-hydrogen) atoms. The maximum Gasteiger partial charge on any atom is 0.354 e. The molecule has 3 rings (SSSR count). The Kier molecular flexibility index (Phi) is 7.35. The van der Waals surface area contributed by atoms with E-state index in [1.54, 1.807) is 57.0 Å². The molecule has 2 atom stereocenters. The smallest absolute Gasteiger partial charge is 0.354 e. The van der Waals surface area contributed by atoms with E-state index in [-0.39, 0.29) is 23.5 Å². The lowest BCUT2D eigenvalue weighted by molar-refractivity contribution is 0.0410. The number of rotatable bonds is 8. The summed E-state index contributed by atoms with van der Waals surface area (Å²) in [5.41, 5.74) is 2.18. The summed E-state index contributed by atoms with van der Waals surface area (Å²) in [5.74, 6) is -0.401. The molecule has 1 aliphatic rings. The van der Waals surface area contributed by atoms with Crippen molar-refractivity contribution in [3.05, 3.63) is 52.3 Å². The average Bonchev–Trinajstić information content (AvgIpc) is 3.42. The van der Waals surface area contributed by atoms with E-state index in [0.29, 0.717) is 41.3 Å². The summed E-state index contributed by atoms with van der Waals surface area (Å²) in [4.78, 5) is 43.5. The largest absolute Gasteiger partial charge is 0.497 e. The third-order valence-corrected chi connectivity index (χ3v) is 5.94. The number of ketones is 1. The lowest BCUT2D eigenvalue weighted by atomic mass is 9.98. The molecule has 8 heteroatoms. The second kappa shape index (κ2) is 9.99. The topological polar surface area (TPSA) is 97.9 Å². The number of hydrogen-bond acceptors (Lipinski definition) is 6. The minimum atomic E-state index is -0.757. The molecule has 1 aliphatic heterocycles. The average molecular weight is 443 g/mol. The van der Waals surface area contributed by atoms with E-state index in [9.17, 15) is 14.4 Å². The molecule has 172 valence electrons. The van der Waals surface area contributed by atoms with Crippen molar-refractivity contribution in [2.24, 2.45) is 0 Å². The van der Waals surface area contributed by atoms with Crippen LogP contribution in [-0.4, -0.2) is 67.1 Å². The van der Waals surface area contributed by atoms with E-state index < -0.39 is 12.0 Å². The quantitative estimate of drug-likeness (QED) is 0.498. The van der Waals surface area contributed by atoms with Crippen molar-refractivity contribution in [1.29, 1.82) is 0 Å². The minimum Gasteiger partial charge on any atom is -0.497 e. The van der Waals surface area contributed by atoms with Crippen molar-refractivity contribution >= 4 is 17.7 Å². The Hall–Kier alpha value is -3.13. The van der Waals surface area contributed by atoms with Crippen LogP contribution < -0.4 is 4.74 Å². The van der Waals surface area contributed by atoms with Crippen molar-refractivity contribution in [2.45, 2.75) is 45.8 Å². The molecule has 0 spiro atoms. The zero-order chi connectivity index (χ0) is 23.4. The first kappa shape index (κ1) is 23.5. The number of aromatic nitrogens is 1. The van der Waals surface area contributed by atoms with Crippen LogP contribution >= 0.6 is 0 Å². The van der Waals surface area contributed by atoms with Gasteiger partial charge in [0, 0.05) is 30.0 Å². The van der Waals surface area contributed by atoms with Crippen molar-refractivity contribution in [1.82, 2.24) is 9.88 Å². The maximum atomic E-state index is 13.5. The Labute approximate surface area is 187 Å². The third kappa shape index (κ3) is 4.70. The van der Waals surface area contributed by atoms with Gasteiger partial charge in [-0.05, 0) is 63.4 Å². The SMILES string of the molecule is COC(=O)c1[nH]c(C)c(C(=O)C(C)N(CC2CCCO2)C(=O)c2ccc(OC)cc2)c1C. The second-order valence-electron chi connectivity index (χ2n) is 7.98. The van der Waals surface area contributed by atoms with Crippen LogP contribution in [0.15, 0.2) is 24.3 Å². The third-order valence-electron chi connectivity index (χ3n) is 5.94. The molecule has 1 N–H and O–H groups in total. The Balaban J connectivity index is 1.93. The number of H-pyrrole nitrogens is 1. The number of carbonyl (C=O) groups excluding carboxylic acids is 3. The van der Waals surface area contributed by atoms with Crippen LogP contribution in [0.5, 0.6) is 5.75 Å². The number of aromatic amines is 1. The van der Waals surface area contributed by atoms with Crippen molar-refractivity contribution < 1.29 is 28.6 Å². The summed E-state index contributed by atoms with van der Waals surface area (Å²) in [6, 6.07) is 6.04. The summed E-state index contributed by atoms with van der Waals surface area (Å²) in [7, 11) is 2.85. The number of nitrogens with zero attached hydrogens (tertiary/aromatic N) is 1. The lowest BCUT2D eigenvalue weighted by Crippen LogP contribution is -2.47. The predicted octanol–water partition coefficient (Wildman–Crippen LogP) is 3.32. The van der Waals surface area contributed by atoms with Gasteiger partial charge in [0.1, 0.15) is 11.4 Å². The maximum absolute atomic E-state index is 13.5. The van der Waals surface area contributed by atoms with E-state index in [1.165, 1.54) is 7.11 Å². The van der Waals surface area contributed by atoms with Gasteiger partial charge in [-0.15, -0.1) is 0 Å². The normalized spacial score (nSPS) is 16.5. The van der Waals surface area contributed by atoms with Gasteiger partial charge in [-0.1, -0.05) is 0 Å². The number of esters is 1. The van der Waals surface area contributed by atoms with Crippen LogP contribution in [0.2, 0.25) is 0 Å². The first-order valence-corrected chi connectivity index (χ1v) is 10.7. The molecule has 2 heterocycles. The molecule has 0 aliphatic carbocycles. The molecule has 1 aromatic carbocycles. The molecule has 2 unspecified atom stereocenters. The van der Waals surface area contributed by atoms with Crippen molar-refractivity contribution in [3.8, 4) is 5.75 Å². The van der Waals surface area contributed by atoms with Gasteiger partial charge in [0.05, 0.1) is 26.4 Å². The molecule has 1 amide bonds.